The number of nitrogens with zero attached hydrogens (tertiary/aromatic N) is 2. The number of rotatable bonds is 5. The molecule has 0 unspecified atom stereocenters. The van der Waals surface area contributed by atoms with Gasteiger partial charge in [-0.3, -0.25) is 0 Å². The van der Waals surface area contributed by atoms with Crippen molar-refractivity contribution in [1.82, 2.24) is 0 Å². The third-order valence-electron chi connectivity index (χ3n) is 5.64. The molecule has 5 aromatic carbocycles. The van der Waals surface area contributed by atoms with E-state index >= 15 is 0 Å². The average Bonchev–Trinajstić information content (AvgIpc) is 2.85. The lowest BCUT2D eigenvalue weighted by Gasteiger charge is -2.27. The lowest BCUT2D eigenvalue weighted by atomic mass is 10.1. The first-order chi connectivity index (χ1) is 15.3. The smallest absolute Gasteiger partial charge is 0.0468 e. The van der Waals surface area contributed by atoms with Gasteiger partial charge in [0.25, 0.3) is 0 Å². The second-order valence-corrected chi connectivity index (χ2v) is 7.61. The molecule has 31 heavy (non-hydrogen) atoms. The molecule has 0 N–H and O–H groups in total. The van der Waals surface area contributed by atoms with Crippen LogP contribution in [0.3, 0.4) is 0 Å². The van der Waals surface area contributed by atoms with E-state index in [0.717, 1.165) is 22.7 Å². The van der Waals surface area contributed by atoms with Gasteiger partial charge in [0.05, 0.1) is 0 Å². The summed E-state index contributed by atoms with van der Waals surface area (Å²) in [5, 5.41) is 2.49. The Kier molecular flexibility index (Phi) is 5.12. The maximum Gasteiger partial charge on any atom is 0.0468 e. The molecule has 5 rings (SSSR count). The van der Waals surface area contributed by atoms with E-state index in [1.807, 2.05) is 6.07 Å². The first kappa shape index (κ1) is 19.0. The van der Waals surface area contributed by atoms with Crippen LogP contribution in [0.1, 0.15) is 0 Å². The van der Waals surface area contributed by atoms with E-state index in [1.165, 1.54) is 16.5 Å². The van der Waals surface area contributed by atoms with Crippen molar-refractivity contribution in [2.45, 2.75) is 0 Å². The Morgan fingerprint density at radius 2 is 0.839 bits per heavy atom. The Labute approximate surface area is 183 Å². The fourth-order valence-corrected chi connectivity index (χ4v) is 3.97. The van der Waals surface area contributed by atoms with Gasteiger partial charge in [-0.1, -0.05) is 66.7 Å². The van der Waals surface area contributed by atoms with Gasteiger partial charge in [0.2, 0.25) is 0 Å². The number of hydrogen-bond donors (Lipinski definition) is 0. The van der Waals surface area contributed by atoms with Gasteiger partial charge in [-0.15, -0.1) is 0 Å². The zero-order chi connectivity index (χ0) is 21.0. The molecular formula is C29H24N2. The molecule has 0 aliphatic carbocycles. The average molecular weight is 401 g/mol. The summed E-state index contributed by atoms with van der Waals surface area (Å²) in [7, 11) is 2.10. The summed E-state index contributed by atoms with van der Waals surface area (Å²) < 4.78 is 0. The predicted molar refractivity (Wildman–Crippen MR) is 133 cm³/mol. The van der Waals surface area contributed by atoms with Gasteiger partial charge in [0, 0.05) is 35.5 Å². The number of anilines is 5. The zero-order valence-electron chi connectivity index (χ0n) is 17.5. The van der Waals surface area contributed by atoms with E-state index in [1.54, 1.807) is 0 Å². The molecule has 0 fully saturated rings. The van der Waals surface area contributed by atoms with Crippen molar-refractivity contribution in [2.75, 3.05) is 16.8 Å². The highest BCUT2D eigenvalue weighted by Gasteiger charge is 2.13. The highest BCUT2D eigenvalue weighted by Crippen LogP contribution is 2.37. The third-order valence-corrected chi connectivity index (χ3v) is 5.64. The number of fused-ring (bicyclic) bond motifs is 1. The highest BCUT2D eigenvalue weighted by atomic mass is 15.1. The van der Waals surface area contributed by atoms with Gasteiger partial charge in [-0.2, -0.15) is 0 Å². The van der Waals surface area contributed by atoms with Crippen molar-refractivity contribution >= 4 is 39.2 Å². The first-order valence-corrected chi connectivity index (χ1v) is 10.5. The summed E-state index contributed by atoms with van der Waals surface area (Å²) in [5.41, 5.74) is 5.74. The van der Waals surface area contributed by atoms with E-state index in [2.05, 4.69) is 138 Å². The minimum absolute atomic E-state index is 1.13. The summed E-state index contributed by atoms with van der Waals surface area (Å²) in [4.78, 5) is 4.51. The molecule has 2 nitrogen and oxygen atoms in total. The molecule has 150 valence electrons. The molecular weight excluding hydrogens is 376 g/mol. The Morgan fingerprint density at radius 1 is 0.387 bits per heavy atom. The molecule has 0 atom stereocenters. The topological polar surface area (TPSA) is 6.48 Å². The SMILES string of the molecule is CN(c1ccccc1)c1ccc(N(c2ccccc2)c2ccc3ccccc3c2)cc1. The number of para-hydroxylation sites is 2. The van der Waals surface area contributed by atoms with Crippen LogP contribution in [0.4, 0.5) is 28.4 Å². The lowest BCUT2D eigenvalue weighted by Crippen LogP contribution is -2.11. The quantitative estimate of drug-likeness (QED) is 0.294. The zero-order valence-corrected chi connectivity index (χ0v) is 17.5. The van der Waals surface area contributed by atoms with Crippen LogP contribution in [0.15, 0.2) is 127 Å². The van der Waals surface area contributed by atoms with E-state index in [9.17, 15) is 0 Å². The Morgan fingerprint density at radius 3 is 1.52 bits per heavy atom. The van der Waals surface area contributed by atoms with Gasteiger partial charge in [-0.05, 0) is 71.4 Å². The van der Waals surface area contributed by atoms with Crippen LogP contribution in [-0.2, 0) is 0 Å². The van der Waals surface area contributed by atoms with Crippen molar-refractivity contribution in [2.24, 2.45) is 0 Å². The number of hydrogen-bond acceptors (Lipinski definition) is 2. The lowest BCUT2D eigenvalue weighted by molar-refractivity contribution is 1.20. The summed E-state index contributed by atoms with van der Waals surface area (Å²) in [6.07, 6.45) is 0. The fraction of sp³-hybridized carbons (Fsp3) is 0.0345. The predicted octanol–water partition coefficient (Wildman–Crippen LogP) is 8.08. The van der Waals surface area contributed by atoms with Crippen molar-refractivity contribution in [1.29, 1.82) is 0 Å². The van der Waals surface area contributed by atoms with Crippen molar-refractivity contribution in [3.63, 3.8) is 0 Å². The third kappa shape index (κ3) is 3.88. The maximum atomic E-state index is 2.30. The van der Waals surface area contributed by atoms with Gasteiger partial charge >= 0.3 is 0 Å². The summed E-state index contributed by atoms with van der Waals surface area (Å²) in [6, 6.07) is 44.8. The normalized spacial score (nSPS) is 10.7. The highest BCUT2D eigenvalue weighted by molar-refractivity contribution is 5.89. The second-order valence-electron chi connectivity index (χ2n) is 7.61. The van der Waals surface area contributed by atoms with E-state index in [0.29, 0.717) is 0 Å². The summed E-state index contributed by atoms with van der Waals surface area (Å²) in [5.74, 6) is 0. The van der Waals surface area contributed by atoms with E-state index in [-0.39, 0.29) is 0 Å². The molecule has 0 aliphatic rings. The minimum atomic E-state index is 1.13. The Bertz CT molecular complexity index is 1280. The molecule has 0 spiro atoms. The maximum absolute atomic E-state index is 2.30. The van der Waals surface area contributed by atoms with Crippen LogP contribution in [0.25, 0.3) is 10.8 Å². The van der Waals surface area contributed by atoms with Gasteiger partial charge in [-0.25, -0.2) is 0 Å². The molecule has 2 heteroatoms. The van der Waals surface area contributed by atoms with Crippen LogP contribution in [0.5, 0.6) is 0 Å². The summed E-state index contributed by atoms with van der Waals surface area (Å²) in [6.45, 7) is 0. The second kappa shape index (κ2) is 8.37. The van der Waals surface area contributed by atoms with E-state index in [4.69, 9.17) is 0 Å². The summed E-state index contributed by atoms with van der Waals surface area (Å²) >= 11 is 0. The molecule has 0 heterocycles. The van der Waals surface area contributed by atoms with Crippen molar-refractivity contribution < 1.29 is 0 Å². The molecule has 0 saturated heterocycles. The molecule has 5 aromatic rings. The largest absolute Gasteiger partial charge is 0.345 e. The van der Waals surface area contributed by atoms with E-state index < -0.39 is 0 Å². The van der Waals surface area contributed by atoms with Crippen LogP contribution in [-0.4, -0.2) is 7.05 Å². The van der Waals surface area contributed by atoms with Gasteiger partial charge in [0.15, 0.2) is 0 Å². The van der Waals surface area contributed by atoms with Gasteiger partial charge in [0.1, 0.15) is 0 Å². The molecule has 0 amide bonds. The van der Waals surface area contributed by atoms with Crippen molar-refractivity contribution in [3.05, 3.63) is 127 Å². The molecule has 0 bridgehead atoms. The Hall–Kier alpha value is -4.04. The standard InChI is InChI=1S/C29H24N2/c1-30(25-12-4-2-5-13-25)26-18-20-28(21-19-26)31(27-14-6-3-7-15-27)29-17-16-23-10-8-9-11-24(23)22-29/h2-22H,1H3. The monoisotopic (exact) mass is 400 g/mol. The number of benzene rings is 5. The van der Waals surface area contributed by atoms with Crippen LogP contribution in [0.2, 0.25) is 0 Å². The van der Waals surface area contributed by atoms with Gasteiger partial charge < -0.3 is 9.80 Å². The fourth-order valence-electron chi connectivity index (χ4n) is 3.97. The molecule has 0 radical (unpaired) electrons. The van der Waals surface area contributed by atoms with Crippen LogP contribution in [0, 0.1) is 0 Å². The first-order valence-electron chi connectivity index (χ1n) is 10.5. The minimum Gasteiger partial charge on any atom is -0.345 e. The van der Waals surface area contributed by atoms with Crippen LogP contribution < -0.4 is 9.80 Å². The molecule has 0 saturated carbocycles. The van der Waals surface area contributed by atoms with Crippen molar-refractivity contribution in [3.8, 4) is 0 Å². The molecule has 0 aliphatic heterocycles. The van der Waals surface area contributed by atoms with Crippen LogP contribution >= 0.6 is 0 Å². The molecule has 0 aromatic heterocycles. The Balaban J connectivity index is 1.55.